The fraction of sp³-hybridized carbons (Fsp3) is 0.391. The van der Waals surface area contributed by atoms with Gasteiger partial charge in [0, 0.05) is 17.9 Å². The van der Waals surface area contributed by atoms with Gasteiger partial charge in [0.2, 0.25) is 5.89 Å². The van der Waals surface area contributed by atoms with E-state index in [2.05, 4.69) is 16.2 Å². The van der Waals surface area contributed by atoms with Crippen molar-refractivity contribution >= 4 is 11.6 Å². The van der Waals surface area contributed by atoms with Crippen LogP contribution in [0.25, 0.3) is 0 Å². The van der Waals surface area contributed by atoms with Gasteiger partial charge in [-0.3, -0.25) is 0 Å². The van der Waals surface area contributed by atoms with Gasteiger partial charge in [0.05, 0.1) is 0 Å². The molecule has 0 atom stereocenters. The molecule has 0 spiro atoms. The van der Waals surface area contributed by atoms with Crippen molar-refractivity contribution in [2.24, 2.45) is 5.92 Å². The Hall–Kier alpha value is -2.20. The number of hydrogen-bond acceptors (Lipinski definition) is 3. The maximum absolute atomic E-state index is 14.0. The minimum absolute atomic E-state index is 0.120. The van der Waals surface area contributed by atoms with Gasteiger partial charge in [0.15, 0.2) is 5.82 Å². The molecule has 3 nitrogen and oxygen atoms in total. The molecule has 0 saturated heterocycles. The fourth-order valence-electron chi connectivity index (χ4n) is 4.06. The van der Waals surface area contributed by atoms with Crippen LogP contribution in [0.5, 0.6) is 0 Å². The molecule has 145 valence electrons. The molecule has 1 aromatic heterocycles. The SMILES string of the molecule is Fc1ccc[c]c1C1CCC(CCc2nc(Cc3ccc(Cl)cc3)no2)CC1. The summed E-state index contributed by atoms with van der Waals surface area (Å²) in [4.78, 5) is 4.52. The minimum atomic E-state index is -0.120. The van der Waals surface area contributed by atoms with Crippen LogP contribution in [0.2, 0.25) is 5.02 Å². The van der Waals surface area contributed by atoms with E-state index in [1.54, 1.807) is 6.07 Å². The van der Waals surface area contributed by atoms with Gasteiger partial charge in [-0.1, -0.05) is 41.0 Å². The van der Waals surface area contributed by atoms with Crippen LogP contribution in [0.4, 0.5) is 4.39 Å². The first-order valence-electron chi connectivity index (χ1n) is 9.89. The van der Waals surface area contributed by atoms with Crippen LogP contribution in [0.15, 0.2) is 47.0 Å². The van der Waals surface area contributed by atoms with Crippen LogP contribution in [0.1, 0.15) is 60.9 Å². The first-order valence-corrected chi connectivity index (χ1v) is 10.3. The summed E-state index contributed by atoms with van der Waals surface area (Å²) in [6.45, 7) is 0. The molecule has 1 saturated carbocycles. The van der Waals surface area contributed by atoms with Crippen molar-refractivity contribution in [2.75, 3.05) is 0 Å². The number of halogens is 2. The maximum Gasteiger partial charge on any atom is 0.226 e. The van der Waals surface area contributed by atoms with E-state index in [0.29, 0.717) is 30.0 Å². The van der Waals surface area contributed by atoms with Crippen molar-refractivity contribution in [1.82, 2.24) is 10.1 Å². The van der Waals surface area contributed by atoms with E-state index >= 15 is 0 Å². The first-order chi connectivity index (χ1) is 13.7. The third-order valence-corrected chi connectivity index (χ3v) is 5.89. The molecule has 1 fully saturated rings. The molecule has 1 heterocycles. The van der Waals surface area contributed by atoms with Crippen molar-refractivity contribution in [3.8, 4) is 0 Å². The zero-order valence-corrected chi connectivity index (χ0v) is 16.5. The second-order valence-electron chi connectivity index (χ2n) is 7.60. The molecular formula is C23H23ClFN2O. The molecule has 2 aromatic carbocycles. The number of aromatic nitrogens is 2. The van der Waals surface area contributed by atoms with E-state index in [9.17, 15) is 4.39 Å². The predicted molar refractivity (Wildman–Crippen MR) is 107 cm³/mol. The van der Waals surface area contributed by atoms with Gasteiger partial charge < -0.3 is 4.52 Å². The van der Waals surface area contributed by atoms with Gasteiger partial charge in [-0.15, -0.1) is 0 Å². The lowest BCUT2D eigenvalue weighted by atomic mass is 9.77. The van der Waals surface area contributed by atoms with Gasteiger partial charge >= 0.3 is 0 Å². The highest BCUT2D eigenvalue weighted by Crippen LogP contribution is 2.38. The maximum atomic E-state index is 14.0. The summed E-state index contributed by atoms with van der Waals surface area (Å²) in [7, 11) is 0. The standard InChI is InChI=1S/C23H23ClFN2O/c24-19-12-7-17(8-13-19)15-22-26-23(28-27-22)14-9-16-5-10-18(11-6-16)20-3-1-2-4-21(20)25/h1-2,4,7-8,12-13,16,18H,5-6,9-11,14-15H2. The highest BCUT2D eigenvalue weighted by Gasteiger charge is 2.24. The van der Waals surface area contributed by atoms with E-state index < -0.39 is 0 Å². The molecule has 28 heavy (non-hydrogen) atoms. The van der Waals surface area contributed by atoms with E-state index in [-0.39, 0.29) is 5.82 Å². The van der Waals surface area contributed by atoms with Crippen LogP contribution in [0.3, 0.4) is 0 Å². The highest BCUT2D eigenvalue weighted by molar-refractivity contribution is 6.30. The summed E-state index contributed by atoms with van der Waals surface area (Å²) in [6.07, 6.45) is 6.74. The van der Waals surface area contributed by atoms with E-state index in [4.69, 9.17) is 16.1 Å². The quantitative estimate of drug-likeness (QED) is 0.500. The van der Waals surface area contributed by atoms with Crippen LogP contribution < -0.4 is 0 Å². The molecular weight excluding hydrogens is 375 g/mol. The lowest BCUT2D eigenvalue weighted by Gasteiger charge is -2.28. The Morgan fingerprint density at radius 1 is 1.11 bits per heavy atom. The lowest BCUT2D eigenvalue weighted by Crippen LogP contribution is -2.15. The van der Waals surface area contributed by atoms with Crippen LogP contribution in [-0.4, -0.2) is 10.1 Å². The number of rotatable bonds is 6. The number of benzene rings is 2. The molecule has 0 aliphatic heterocycles. The van der Waals surface area contributed by atoms with Crippen molar-refractivity contribution in [1.29, 1.82) is 0 Å². The molecule has 1 aliphatic rings. The molecule has 0 amide bonds. The summed E-state index contributed by atoms with van der Waals surface area (Å²) in [6, 6.07) is 15.8. The molecule has 1 aliphatic carbocycles. The molecule has 0 N–H and O–H groups in total. The highest BCUT2D eigenvalue weighted by atomic mass is 35.5. The Labute approximate surface area is 169 Å². The average molecular weight is 398 g/mol. The van der Waals surface area contributed by atoms with Gasteiger partial charge in [0.25, 0.3) is 0 Å². The van der Waals surface area contributed by atoms with Crippen molar-refractivity contribution in [3.63, 3.8) is 0 Å². The zero-order valence-electron chi connectivity index (χ0n) is 15.7. The van der Waals surface area contributed by atoms with Gasteiger partial charge in [-0.2, -0.15) is 4.98 Å². The summed E-state index contributed by atoms with van der Waals surface area (Å²) < 4.78 is 19.4. The molecule has 5 heteroatoms. The van der Waals surface area contributed by atoms with E-state index in [1.807, 2.05) is 30.3 Å². The predicted octanol–water partition coefficient (Wildman–Crippen LogP) is 6.16. The molecule has 0 bridgehead atoms. The second-order valence-corrected chi connectivity index (χ2v) is 8.03. The Balaban J connectivity index is 1.25. The van der Waals surface area contributed by atoms with E-state index in [0.717, 1.165) is 54.7 Å². The Morgan fingerprint density at radius 3 is 2.64 bits per heavy atom. The minimum Gasteiger partial charge on any atom is -0.339 e. The summed E-state index contributed by atoms with van der Waals surface area (Å²) in [5.41, 5.74) is 1.87. The van der Waals surface area contributed by atoms with Crippen LogP contribution >= 0.6 is 11.6 Å². The van der Waals surface area contributed by atoms with Gasteiger partial charge in [0.1, 0.15) is 5.82 Å². The molecule has 3 aromatic rings. The number of hydrogen-bond donors (Lipinski definition) is 0. The van der Waals surface area contributed by atoms with Gasteiger partial charge in [-0.25, -0.2) is 4.39 Å². The second kappa shape index (κ2) is 8.87. The van der Waals surface area contributed by atoms with Crippen molar-refractivity contribution in [2.45, 2.75) is 50.9 Å². The largest absolute Gasteiger partial charge is 0.339 e. The summed E-state index contributed by atoms with van der Waals surface area (Å²) >= 11 is 5.92. The number of aryl methyl sites for hydroxylation is 1. The Bertz CT molecular complexity index is 901. The molecule has 0 unspecified atom stereocenters. The lowest BCUT2D eigenvalue weighted by molar-refractivity contribution is 0.291. The van der Waals surface area contributed by atoms with E-state index in [1.165, 1.54) is 6.07 Å². The topological polar surface area (TPSA) is 38.9 Å². The monoisotopic (exact) mass is 397 g/mol. The average Bonchev–Trinajstić information content (AvgIpc) is 3.16. The van der Waals surface area contributed by atoms with Crippen LogP contribution in [-0.2, 0) is 12.8 Å². The zero-order chi connectivity index (χ0) is 19.3. The summed E-state index contributed by atoms with van der Waals surface area (Å²) in [5.74, 6) is 2.22. The Kier molecular flexibility index (Phi) is 6.06. The molecule has 1 radical (unpaired) electrons. The first kappa shape index (κ1) is 19.1. The number of nitrogens with zero attached hydrogens (tertiary/aromatic N) is 2. The Morgan fingerprint density at radius 2 is 1.89 bits per heavy atom. The fourth-order valence-corrected chi connectivity index (χ4v) is 4.18. The third-order valence-electron chi connectivity index (χ3n) is 5.64. The normalized spacial score (nSPS) is 19.6. The third kappa shape index (κ3) is 4.79. The molecule has 4 rings (SSSR count). The summed E-state index contributed by atoms with van der Waals surface area (Å²) in [5, 5.41) is 4.82. The smallest absolute Gasteiger partial charge is 0.226 e. The van der Waals surface area contributed by atoms with Crippen molar-refractivity contribution in [3.05, 3.63) is 82.2 Å². The van der Waals surface area contributed by atoms with Crippen molar-refractivity contribution < 1.29 is 8.91 Å². The van der Waals surface area contributed by atoms with Crippen LogP contribution in [0, 0.1) is 17.8 Å². The van der Waals surface area contributed by atoms with Gasteiger partial charge in [-0.05, 0) is 79.3 Å².